The van der Waals surface area contributed by atoms with Crippen molar-refractivity contribution in [2.75, 3.05) is 11.4 Å². The lowest BCUT2D eigenvalue weighted by Gasteiger charge is -2.25. The van der Waals surface area contributed by atoms with Crippen LogP contribution in [0.2, 0.25) is 0 Å². The molecule has 0 fully saturated rings. The number of anilines is 1. The van der Waals surface area contributed by atoms with Crippen molar-refractivity contribution < 1.29 is 9.90 Å². The molecule has 0 aliphatic carbocycles. The molecule has 1 rings (SSSR count). The van der Waals surface area contributed by atoms with Crippen LogP contribution in [0.4, 0.5) is 5.13 Å². The first-order valence-corrected chi connectivity index (χ1v) is 6.35. The maximum absolute atomic E-state index is 10.6. The van der Waals surface area contributed by atoms with Gasteiger partial charge < -0.3 is 10.0 Å². The van der Waals surface area contributed by atoms with Crippen LogP contribution in [-0.4, -0.2) is 28.6 Å². The van der Waals surface area contributed by atoms with Crippen molar-refractivity contribution in [2.45, 2.75) is 39.7 Å². The molecule has 0 spiro atoms. The summed E-state index contributed by atoms with van der Waals surface area (Å²) in [6.45, 7) is 7.32. The number of aromatic nitrogens is 1. The zero-order valence-corrected chi connectivity index (χ0v) is 10.8. The first-order valence-electron chi connectivity index (χ1n) is 5.47. The van der Waals surface area contributed by atoms with E-state index in [4.69, 9.17) is 5.11 Å². The van der Waals surface area contributed by atoms with Crippen molar-refractivity contribution in [3.8, 4) is 0 Å². The Morgan fingerprint density at radius 1 is 1.62 bits per heavy atom. The van der Waals surface area contributed by atoms with Crippen LogP contribution in [0.25, 0.3) is 0 Å². The molecule has 0 saturated carbocycles. The Labute approximate surface area is 99.9 Å². The van der Waals surface area contributed by atoms with Crippen LogP contribution in [-0.2, 0) is 11.2 Å². The number of rotatable bonds is 6. The van der Waals surface area contributed by atoms with Gasteiger partial charge in [-0.3, -0.25) is 4.79 Å². The van der Waals surface area contributed by atoms with Crippen LogP contribution in [0.3, 0.4) is 0 Å². The molecule has 1 heterocycles. The summed E-state index contributed by atoms with van der Waals surface area (Å²) < 4.78 is 0. The van der Waals surface area contributed by atoms with E-state index < -0.39 is 5.97 Å². The number of nitrogens with zero attached hydrogens (tertiary/aromatic N) is 2. The maximum Gasteiger partial charge on any atom is 0.309 e. The van der Waals surface area contributed by atoms with Crippen LogP contribution in [0.5, 0.6) is 0 Å². The van der Waals surface area contributed by atoms with Crippen LogP contribution in [0.1, 0.15) is 32.9 Å². The van der Waals surface area contributed by atoms with E-state index in [-0.39, 0.29) is 6.42 Å². The summed E-state index contributed by atoms with van der Waals surface area (Å²) in [7, 11) is 0. The number of carbonyl (C=O) groups is 1. The Bertz CT molecular complexity index is 350. The van der Waals surface area contributed by atoms with E-state index in [1.54, 1.807) is 0 Å². The molecule has 0 unspecified atom stereocenters. The maximum atomic E-state index is 10.6. The van der Waals surface area contributed by atoms with Gasteiger partial charge in [0.1, 0.15) is 0 Å². The fourth-order valence-corrected chi connectivity index (χ4v) is 2.46. The van der Waals surface area contributed by atoms with E-state index in [9.17, 15) is 4.79 Å². The minimum atomic E-state index is -0.830. The zero-order valence-electron chi connectivity index (χ0n) is 9.93. The zero-order chi connectivity index (χ0) is 12.1. The molecule has 0 amide bonds. The minimum Gasteiger partial charge on any atom is -0.481 e. The second-order valence-electron chi connectivity index (χ2n) is 3.98. The summed E-state index contributed by atoms with van der Waals surface area (Å²) >= 11 is 1.52. The van der Waals surface area contributed by atoms with Gasteiger partial charge in [0.2, 0.25) is 0 Å². The van der Waals surface area contributed by atoms with E-state index >= 15 is 0 Å². The van der Waals surface area contributed by atoms with Gasteiger partial charge in [-0.25, -0.2) is 4.98 Å². The lowest BCUT2D eigenvalue weighted by atomic mass is 10.3. The van der Waals surface area contributed by atoms with Crippen molar-refractivity contribution in [3.63, 3.8) is 0 Å². The Morgan fingerprint density at radius 2 is 2.31 bits per heavy atom. The van der Waals surface area contributed by atoms with Gasteiger partial charge in [0, 0.05) is 18.0 Å². The second kappa shape index (κ2) is 5.84. The SMILES string of the molecule is CCCN(c1nc(CC(=O)O)cs1)C(C)C. The number of carboxylic acid groups (broad SMARTS) is 1. The molecule has 0 saturated heterocycles. The third-order valence-corrected chi connectivity index (χ3v) is 3.13. The average molecular weight is 242 g/mol. The number of carboxylic acids is 1. The molecule has 5 heteroatoms. The van der Waals surface area contributed by atoms with E-state index in [0.717, 1.165) is 18.1 Å². The topological polar surface area (TPSA) is 53.4 Å². The van der Waals surface area contributed by atoms with Gasteiger partial charge in [0.05, 0.1) is 12.1 Å². The third kappa shape index (κ3) is 3.48. The molecule has 0 bridgehead atoms. The van der Waals surface area contributed by atoms with Crippen molar-refractivity contribution in [3.05, 3.63) is 11.1 Å². The molecule has 0 aliphatic rings. The molecule has 1 N–H and O–H groups in total. The Hall–Kier alpha value is -1.10. The average Bonchev–Trinajstić information content (AvgIpc) is 2.60. The van der Waals surface area contributed by atoms with Crippen molar-refractivity contribution in [1.29, 1.82) is 0 Å². The molecule has 0 radical (unpaired) electrons. The molecular weight excluding hydrogens is 224 g/mol. The smallest absolute Gasteiger partial charge is 0.309 e. The predicted molar refractivity (Wildman–Crippen MR) is 66.2 cm³/mol. The van der Waals surface area contributed by atoms with Crippen LogP contribution in [0, 0.1) is 0 Å². The summed E-state index contributed by atoms with van der Waals surface area (Å²) in [6.07, 6.45) is 1.07. The highest BCUT2D eigenvalue weighted by Crippen LogP contribution is 2.23. The van der Waals surface area contributed by atoms with Crippen LogP contribution in [0.15, 0.2) is 5.38 Å². The monoisotopic (exact) mass is 242 g/mol. The number of hydrogen-bond acceptors (Lipinski definition) is 4. The Kier molecular flexibility index (Phi) is 4.73. The summed E-state index contributed by atoms with van der Waals surface area (Å²) in [4.78, 5) is 17.1. The summed E-state index contributed by atoms with van der Waals surface area (Å²) in [5.74, 6) is -0.830. The number of hydrogen-bond donors (Lipinski definition) is 1. The second-order valence-corrected chi connectivity index (χ2v) is 4.82. The van der Waals surface area contributed by atoms with Gasteiger partial charge in [-0.2, -0.15) is 0 Å². The van der Waals surface area contributed by atoms with Gasteiger partial charge in [-0.1, -0.05) is 6.92 Å². The van der Waals surface area contributed by atoms with Gasteiger partial charge in [-0.15, -0.1) is 11.3 Å². The normalized spacial score (nSPS) is 10.8. The van der Waals surface area contributed by atoms with Gasteiger partial charge >= 0.3 is 5.97 Å². The number of aliphatic carboxylic acids is 1. The number of thiazole rings is 1. The van der Waals surface area contributed by atoms with Crippen LogP contribution < -0.4 is 4.90 Å². The van der Waals surface area contributed by atoms with E-state index in [1.807, 2.05) is 5.38 Å². The molecule has 0 aromatic carbocycles. The van der Waals surface area contributed by atoms with E-state index in [1.165, 1.54) is 11.3 Å². The first-order chi connectivity index (χ1) is 7.54. The lowest BCUT2D eigenvalue weighted by Crippen LogP contribution is -2.31. The summed E-state index contributed by atoms with van der Waals surface area (Å²) in [5, 5.41) is 11.4. The van der Waals surface area contributed by atoms with Gasteiger partial charge in [-0.05, 0) is 20.3 Å². The largest absolute Gasteiger partial charge is 0.481 e. The molecule has 90 valence electrons. The van der Waals surface area contributed by atoms with Crippen molar-refractivity contribution in [2.24, 2.45) is 0 Å². The Morgan fingerprint density at radius 3 is 2.81 bits per heavy atom. The summed E-state index contributed by atoms with van der Waals surface area (Å²) in [6, 6.07) is 0.392. The highest BCUT2D eigenvalue weighted by molar-refractivity contribution is 7.13. The molecule has 0 aliphatic heterocycles. The third-order valence-electron chi connectivity index (χ3n) is 2.21. The molecule has 0 atom stereocenters. The fourth-order valence-electron chi connectivity index (χ4n) is 1.48. The van der Waals surface area contributed by atoms with Crippen LogP contribution >= 0.6 is 11.3 Å². The quantitative estimate of drug-likeness (QED) is 0.832. The summed E-state index contributed by atoms with van der Waals surface area (Å²) in [5.41, 5.74) is 0.647. The standard InChI is InChI=1S/C11H18N2O2S/c1-4-5-13(8(2)3)11-12-9(7-16-11)6-10(14)15/h7-8H,4-6H2,1-3H3,(H,14,15). The van der Waals surface area contributed by atoms with Crippen molar-refractivity contribution >= 4 is 22.4 Å². The molecule has 1 aromatic rings. The van der Waals surface area contributed by atoms with E-state index in [0.29, 0.717) is 11.7 Å². The predicted octanol–water partition coefficient (Wildman–Crippen LogP) is 2.40. The van der Waals surface area contributed by atoms with E-state index in [2.05, 4.69) is 30.7 Å². The molecule has 1 aromatic heterocycles. The van der Waals surface area contributed by atoms with Gasteiger partial charge in [0.25, 0.3) is 0 Å². The molecular formula is C11H18N2O2S. The highest BCUT2D eigenvalue weighted by Gasteiger charge is 2.14. The fraction of sp³-hybridized carbons (Fsp3) is 0.636. The lowest BCUT2D eigenvalue weighted by molar-refractivity contribution is -0.136. The molecule has 16 heavy (non-hydrogen) atoms. The highest BCUT2D eigenvalue weighted by atomic mass is 32.1. The first kappa shape index (κ1) is 13.0. The van der Waals surface area contributed by atoms with Crippen molar-refractivity contribution in [1.82, 2.24) is 4.98 Å². The molecule has 4 nitrogen and oxygen atoms in total. The van der Waals surface area contributed by atoms with Gasteiger partial charge in [0.15, 0.2) is 5.13 Å². The minimum absolute atomic E-state index is 0.00849. The Balaban J connectivity index is 2.77.